The number of carboxylic acids is 1. The molecule has 0 aromatic carbocycles. The molecule has 0 amide bonds. The van der Waals surface area contributed by atoms with Crippen molar-refractivity contribution in [3.05, 3.63) is 23.9 Å². The van der Waals surface area contributed by atoms with Gasteiger partial charge in [-0.3, -0.25) is 4.79 Å². The SMILES string of the molecule is COc1cc(C#CCC(=O)O)ccn1. The van der Waals surface area contributed by atoms with E-state index in [1.807, 2.05) is 0 Å². The third kappa shape index (κ3) is 3.15. The van der Waals surface area contributed by atoms with Crippen molar-refractivity contribution < 1.29 is 14.6 Å². The van der Waals surface area contributed by atoms with Crippen molar-refractivity contribution in [2.75, 3.05) is 7.11 Å². The molecular formula is C10H9NO3. The summed E-state index contributed by atoms with van der Waals surface area (Å²) in [6.07, 6.45) is 1.40. The van der Waals surface area contributed by atoms with Crippen LogP contribution in [0.5, 0.6) is 5.88 Å². The molecule has 0 unspecified atom stereocenters. The van der Waals surface area contributed by atoms with Gasteiger partial charge in [-0.05, 0) is 6.07 Å². The van der Waals surface area contributed by atoms with Gasteiger partial charge in [0.1, 0.15) is 6.42 Å². The second-order valence-corrected chi connectivity index (χ2v) is 2.46. The van der Waals surface area contributed by atoms with Crippen molar-refractivity contribution >= 4 is 5.97 Å². The molecule has 14 heavy (non-hydrogen) atoms. The average Bonchev–Trinajstić information content (AvgIpc) is 2.18. The normalized spacial score (nSPS) is 8.64. The standard InChI is InChI=1S/C10H9NO3/c1-14-9-7-8(5-6-11-9)3-2-4-10(12)13/h5-7H,4H2,1H3,(H,12,13). The van der Waals surface area contributed by atoms with Crippen molar-refractivity contribution in [1.29, 1.82) is 0 Å². The van der Waals surface area contributed by atoms with E-state index >= 15 is 0 Å². The zero-order chi connectivity index (χ0) is 10.4. The molecule has 0 saturated heterocycles. The maximum absolute atomic E-state index is 10.2. The molecule has 0 aliphatic rings. The van der Waals surface area contributed by atoms with Gasteiger partial charge in [0.15, 0.2) is 0 Å². The Morgan fingerprint density at radius 3 is 3.14 bits per heavy atom. The quantitative estimate of drug-likeness (QED) is 0.706. The Morgan fingerprint density at radius 1 is 1.71 bits per heavy atom. The van der Waals surface area contributed by atoms with Gasteiger partial charge < -0.3 is 9.84 Å². The van der Waals surface area contributed by atoms with Gasteiger partial charge in [0.05, 0.1) is 7.11 Å². The van der Waals surface area contributed by atoms with E-state index in [-0.39, 0.29) is 6.42 Å². The van der Waals surface area contributed by atoms with E-state index in [9.17, 15) is 4.79 Å². The molecule has 0 aliphatic carbocycles. The molecule has 0 atom stereocenters. The number of nitrogens with zero attached hydrogens (tertiary/aromatic N) is 1. The third-order valence-corrected chi connectivity index (χ3v) is 1.42. The third-order valence-electron chi connectivity index (χ3n) is 1.42. The summed E-state index contributed by atoms with van der Waals surface area (Å²) >= 11 is 0. The predicted octanol–water partition coefficient (Wildman–Crippen LogP) is 0.916. The summed E-state index contributed by atoms with van der Waals surface area (Å²) in [6.45, 7) is 0. The molecule has 4 heteroatoms. The number of aromatic nitrogens is 1. The summed E-state index contributed by atoms with van der Waals surface area (Å²) in [5.41, 5.74) is 0.693. The molecular weight excluding hydrogens is 182 g/mol. The molecule has 1 N–H and O–H groups in total. The molecule has 0 saturated carbocycles. The Bertz CT molecular complexity index is 390. The number of hydrogen-bond donors (Lipinski definition) is 1. The van der Waals surface area contributed by atoms with Crippen LogP contribution in [0.15, 0.2) is 18.3 Å². The number of carbonyl (C=O) groups is 1. The molecule has 72 valence electrons. The molecule has 0 bridgehead atoms. The molecule has 0 radical (unpaired) electrons. The van der Waals surface area contributed by atoms with Gasteiger partial charge in [0.25, 0.3) is 0 Å². The van der Waals surface area contributed by atoms with E-state index in [2.05, 4.69) is 16.8 Å². The summed E-state index contributed by atoms with van der Waals surface area (Å²) in [5.74, 6) is 4.75. The maximum Gasteiger partial charge on any atom is 0.315 e. The molecule has 0 fully saturated rings. The van der Waals surface area contributed by atoms with Crippen LogP contribution in [-0.2, 0) is 4.79 Å². The van der Waals surface area contributed by atoms with Gasteiger partial charge in [0.2, 0.25) is 5.88 Å². The largest absolute Gasteiger partial charge is 0.481 e. The smallest absolute Gasteiger partial charge is 0.315 e. The monoisotopic (exact) mass is 191 g/mol. The van der Waals surface area contributed by atoms with Gasteiger partial charge in [-0.25, -0.2) is 4.98 Å². The van der Waals surface area contributed by atoms with E-state index < -0.39 is 5.97 Å². The van der Waals surface area contributed by atoms with Crippen LogP contribution in [0.4, 0.5) is 0 Å². The highest BCUT2D eigenvalue weighted by Crippen LogP contribution is 2.06. The lowest BCUT2D eigenvalue weighted by Gasteiger charge is -1.96. The maximum atomic E-state index is 10.2. The molecule has 1 aromatic rings. The van der Waals surface area contributed by atoms with Crippen LogP contribution < -0.4 is 4.74 Å². The van der Waals surface area contributed by atoms with Gasteiger partial charge in [-0.1, -0.05) is 11.8 Å². The molecule has 1 rings (SSSR count). The average molecular weight is 191 g/mol. The Morgan fingerprint density at radius 2 is 2.50 bits per heavy atom. The molecule has 1 aromatic heterocycles. The fourth-order valence-corrected chi connectivity index (χ4v) is 0.821. The Labute approximate surface area is 81.5 Å². The summed E-state index contributed by atoms with van der Waals surface area (Å²) in [6, 6.07) is 3.34. The zero-order valence-corrected chi connectivity index (χ0v) is 7.65. The second-order valence-electron chi connectivity index (χ2n) is 2.46. The summed E-state index contributed by atoms with van der Waals surface area (Å²) in [5, 5.41) is 8.35. The minimum atomic E-state index is -0.932. The first kappa shape index (κ1) is 10.1. The van der Waals surface area contributed by atoms with Crippen LogP contribution in [-0.4, -0.2) is 23.2 Å². The molecule has 0 aliphatic heterocycles. The van der Waals surface area contributed by atoms with Crippen LogP contribution in [0, 0.1) is 11.8 Å². The topological polar surface area (TPSA) is 59.4 Å². The predicted molar refractivity (Wildman–Crippen MR) is 49.9 cm³/mol. The minimum absolute atomic E-state index is 0.162. The van der Waals surface area contributed by atoms with E-state index in [0.29, 0.717) is 11.4 Å². The highest BCUT2D eigenvalue weighted by atomic mass is 16.5. The van der Waals surface area contributed by atoms with Gasteiger partial charge in [-0.15, -0.1) is 0 Å². The lowest BCUT2D eigenvalue weighted by atomic mass is 10.2. The molecule has 0 spiro atoms. The van der Waals surface area contributed by atoms with Crippen LogP contribution >= 0.6 is 0 Å². The van der Waals surface area contributed by atoms with Crippen molar-refractivity contribution in [3.8, 4) is 17.7 Å². The van der Waals surface area contributed by atoms with Gasteiger partial charge in [-0.2, -0.15) is 0 Å². The van der Waals surface area contributed by atoms with Crippen molar-refractivity contribution in [2.24, 2.45) is 0 Å². The number of aliphatic carboxylic acids is 1. The number of hydrogen-bond acceptors (Lipinski definition) is 3. The van der Waals surface area contributed by atoms with E-state index in [4.69, 9.17) is 9.84 Å². The Hall–Kier alpha value is -2.02. The first-order chi connectivity index (χ1) is 6.72. The number of rotatable bonds is 2. The molecule has 1 heterocycles. The second kappa shape index (κ2) is 4.87. The van der Waals surface area contributed by atoms with Gasteiger partial charge in [0, 0.05) is 17.8 Å². The first-order valence-electron chi connectivity index (χ1n) is 3.93. The number of carboxylic acid groups (broad SMARTS) is 1. The summed E-state index contributed by atoms with van der Waals surface area (Å²) < 4.78 is 4.89. The van der Waals surface area contributed by atoms with E-state index in [0.717, 1.165) is 0 Å². The van der Waals surface area contributed by atoms with Crippen LogP contribution in [0.2, 0.25) is 0 Å². The molecule has 4 nitrogen and oxygen atoms in total. The zero-order valence-electron chi connectivity index (χ0n) is 7.65. The summed E-state index contributed by atoms with van der Waals surface area (Å²) in [7, 11) is 1.51. The summed E-state index contributed by atoms with van der Waals surface area (Å²) in [4.78, 5) is 14.1. The fourth-order valence-electron chi connectivity index (χ4n) is 0.821. The Balaban J connectivity index is 2.74. The van der Waals surface area contributed by atoms with Gasteiger partial charge >= 0.3 is 5.97 Å². The lowest BCUT2D eigenvalue weighted by Crippen LogP contribution is -1.90. The van der Waals surface area contributed by atoms with E-state index in [1.165, 1.54) is 7.11 Å². The minimum Gasteiger partial charge on any atom is -0.481 e. The van der Waals surface area contributed by atoms with Crippen LogP contribution in [0.3, 0.4) is 0 Å². The Kier molecular flexibility index (Phi) is 3.50. The van der Waals surface area contributed by atoms with Crippen LogP contribution in [0.25, 0.3) is 0 Å². The fraction of sp³-hybridized carbons (Fsp3) is 0.200. The highest BCUT2D eigenvalue weighted by molar-refractivity contribution is 5.70. The van der Waals surface area contributed by atoms with E-state index in [1.54, 1.807) is 18.3 Å². The van der Waals surface area contributed by atoms with Crippen LogP contribution in [0.1, 0.15) is 12.0 Å². The first-order valence-corrected chi connectivity index (χ1v) is 3.93. The van der Waals surface area contributed by atoms with Crippen molar-refractivity contribution in [1.82, 2.24) is 4.98 Å². The number of pyridine rings is 1. The van der Waals surface area contributed by atoms with Crippen molar-refractivity contribution in [2.45, 2.75) is 6.42 Å². The number of methoxy groups -OCH3 is 1. The highest BCUT2D eigenvalue weighted by Gasteiger charge is 1.93. The lowest BCUT2D eigenvalue weighted by molar-refractivity contribution is -0.135. The van der Waals surface area contributed by atoms with Crippen molar-refractivity contribution in [3.63, 3.8) is 0 Å². The number of ether oxygens (including phenoxy) is 1.